The highest BCUT2D eigenvalue weighted by Crippen LogP contribution is 2.65. The number of hydrogen-bond acceptors (Lipinski definition) is 5. The van der Waals surface area contributed by atoms with Gasteiger partial charge in [0, 0.05) is 24.7 Å². The number of allylic oxidation sites excluding steroid dienone is 3. The van der Waals surface area contributed by atoms with Crippen LogP contribution in [-0.4, -0.2) is 35.4 Å². The molecule has 0 aliphatic heterocycles. The lowest BCUT2D eigenvalue weighted by Gasteiger charge is -2.59. The lowest BCUT2D eigenvalue weighted by atomic mass is 9.46. The highest BCUT2D eigenvalue weighted by molar-refractivity contribution is 5.98. The number of aliphatic hydroxyl groups excluding tert-OH is 1. The van der Waals surface area contributed by atoms with Crippen molar-refractivity contribution in [2.24, 2.45) is 28.6 Å². The molecule has 0 bridgehead atoms. The average molecular weight is 386 g/mol. The molecule has 0 spiro atoms. The van der Waals surface area contributed by atoms with Crippen LogP contribution in [0.2, 0.25) is 0 Å². The van der Waals surface area contributed by atoms with Gasteiger partial charge in [-0.25, -0.2) is 0 Å². The monoisotopic (exact) mass is 386 g/mol. The highest BCUT2D eigenvalue weighted by atomic mass is 16.5. The van der Waals surface area contributed by atoms with Crippen molar-refractivity contribution in [3.8, 4) is 0 Å². The summed E-state index contributed by atoms with van der Waals surface area (Å²) >= 11 is 0. The van der Waals surface area contributed by atoms with E-state index in [1.807, 2.05) is 12.2 Å². The van der Waals surface area contributed by atoms with Gasteiger partial charge < -0.3 is 9.84 Å². The van der Waals surface area contributed by atoms with E-state index in [0.29, 0.717) is 30.3 Å². The molecule has 1 N–H and O–H groups in total. The van der Waals surface area contributed by atoms with Crippen molar-refractivity contribution in [3.63, 3.8) is 0 Å². The lowest BCUT2D eigenvalue weighted by Crippen LogP contribution is -2.57. The van der Waals surface area contributed by atoms with Crippen molar-refractivity contribution in [1.29, 1.82) is 0 Å². The van der Waals surface area contributed by atoms with Crippen LogP contribution in [0, 0.1) is 28.6 Å². The van der Waals surface area contributed by atoms with E-state index in [9.17, 15) is 19.5 Å². The van der Waals surface area contributed by atoms with Gasteiger partial charge >= 0.3 is 5.97 Å². The van der Waals surface area contributed by atoms with Crippen LogP contribution in [0.1, 0.15) is 59.3 Å². The zero-order chi connectivity index (χ0) is 20.3. The molecule has 152 valence electrons. The third-order valence-electron chi connectivity index (χ3n) is 8.22. The molecule has 2 fully saturated rings. The minimum atomic E-state index is -0.479. The smallest absolute Gasteiger partial charge is 0.302 e. The van der Waals surface area contributed by atoms with E-state index >= 15 is 0 Å². The zero-order valence-corrected chi connectivity index (χ0v) is 17.0. The van der Waals surface area contributed by atoms with Crippen molar-refractivity contribution >= 4 is 17.5 Å². The Hall–Kier alpha value is -1.75. The van der Waals surface area contributed by atoms with Gasteiger partial charge in [-0.2, -0.15) is 0 Å². The van der Waals surface area contributed by atoms with Crippen LogP contribution in [0.25, 0.3) is 0 Å². The summed E-state index contributed by atoms with van der Waals surface area (Å²) in [4.78, 5) is 36.4. The molecule has 0 aromatic carbocycles. The minimum Gasteiger partial charge on any atom is -0.462 e. The summed E-state index contributed by atoms with van der Waals surface area (Å²) in [7, 11) is 0. The fraction of sp³-hybridized carbons (Fsp3) is 0.696. The fourth-order valence-electron chi connectivity index (χ4n) is 7.06. The summed E-state index contributed by atoms with van der Waals surface area (Å²) in [6.07, 6.45) is 8.20. The van der Waals surface area contributed by atoms with E-state index in [1.54, 1.807) is 0 Å². The van der Waals surface area contributed by atoms with Crippen LogP contribution in [0.15, 0.2) is 23.3 Å². The summed E-state index contributed by atoms with van der Waals surface area (Å²) in [5, 5.41) is 9.45. The molecule has 0 radical (unpaired) electrons. The first-order valence-corrected chi connectivity index (χ1v) is 10.5. The van der Waals surface area contributed by atoms with E-state index in [0.717, 1.165) is 25.7 Å². The van der Waals surface area contributed by atoms with E-state index in [2.05, 4.69) is 13.8 Å². The molecule has 2 unspecified atom stereocenters. The maximum Gasteiger partial charge on any atom is 0.302 e. The summed E-state index contributed by atoms with van der Waals surface area (Å²) in [6, 6.07) is 0. The summed E-state index contributed by atoms with van der Waals surface area (Å²) in [5.74, 6) is 0.503. The summed E-state index contributed by atoms with van der Waals surface area (Å²) in [6.45, 7) is 5.31. The number of ether oxygens (including phenoxy) is 1. The zero-order valence-electron chi connectivity index (χ0n) is 17.0. The van der Waals surface area contributed by atoms with Crippen LogP contribution in [0.3, 0.4) is 0 Å². The standard InChI is InChI=1S/C23H30O5/c1-13(25)28-20-11-23(3)17(6-7-18(23)19(27)12-24)16-5-4-14-10-15(26)8-9-22(14,2)21(16)20/h7,10,16-17,20-21,24H,4-6,8-9,11-12H2,1-3H3/t16-,17-,20?,21?,22-,23-/m0/s1. The molecule has 4 aliphatic rings. The topological polar surface area (TPSA) is 80.7 Å². The van der Waals surface area contributed by atoms with Crippen molar-refractivity contribution in [2.45, 2.75) is 65.4 Å². The minimum absolute atomic E-state index is 0.137. The van der Waals surface area contributed by atoms with E-state index < -0.39 is 6.61 Å². The van der Waals surface area contributed by atoms with Crippen molar-refractivity contribution < 1.29 is 24.2 Å². The van der Waals surface area contributed by atoms with Gasteiger partial charge in [0.25, 0.3) is 0 Å². The highest BCUT2D eigenvalue weighted by Gasteiger charge is 2.62. The van der Waals surface area contributed by atoms with Crippen molar-refractivity contribution in [1.82, 2.24) is 0 Å². The van der Waals surface area contributed by atoms with Gasteiger partial charge in [0.05, 0.1) is 0 Å². The van der Waals surface area contributed by atoms with Crippen molar-refractivity contribution in [3.05, 3.63) is 23.3 Å². The number of Topliss-reactive ketones (excluding diaryl/α,β-unsaturated/α-hetero) is 1. The first-order valence-electron chi connectivity index (χ1n) is 10.5. The Labute approximate surface area is 166 Å². The van der Waals surface area contributed by atoms with Crippen LogP contribution < -0.4 is 0 Å². The number of carbonyl (C=O) groups is 3. The quantitative estimate of drug-likeness (QED) is 0.754. The average Bonchev–Trinajstić information content (AvgIpc) is 2.97. The maximum absolute atomic E-state index is 12.4. The molecule has 5 heteroatoms. The number of ketones is 2. The Balaban J connectivity index is 1.76. The Morgan fingerprint density at radius 3 is 2.68 bits per heavy atom. The molecule has 6 atom stereocenters. The van der Waals surface area contributed by atoms with Crippen LogP contribution in [0.5, 0.6) is 0 Å². The Morgan fingerprint density at radius 2 is 2.00 bits per heavy atom. The van der Waals surface area contributed by atoms with E-state index in [1.165, 1.54) is 12.5 Å². The normalized spacial score (nSPS) is 41.9. The Bertz CT molecular complexity index is 793. The predicted molar refractivity (Wildman–Crippen MR) is 103 cm³/mol. The fourth-order valence-corrected chi connectivity index (χ4v) is 7.06. The number of hydrogen-bond donors (Lipinski definition) is 1. The Kier molecular flexibility index (Phi) is 4.65. The SMILES string of the molecule is CC(=O)OC1C[C@]2(C)C(C(=O)CO)=CC[C@H]2[C@@H]2CCC3=CC(=O)CC[C@]3(C)C12. The maximum atomic E-state index is 12.4. The first-order chi connectivity index (χ1) is 13.2. The number of rotatable bonds is 3. The van der Waals surface area contributed by atoms with Gasteiger partial charge in [-0.3, -0.25) is 14.4 Å². The second kappa shape index (κ2) is 6.65. The Morgan fingerprint density at radius 1 is 1.25 bits per heavy atom. The second-order valence-corrected chi connectivity index (χ2v) is 9.59. The van der Waals surface area contributed by atoms with Gasteiger partial charge in [-0.1, -0.05) is 25.5 Å². The number of carbonyl (C=O) groups excluding carboxylic acids is 3. The van der Waals surface area contributed by atoms with Crippen LogP contribution in [0.4, 0.5) is 0 Å². The van der Waals surface area contributed by atoms with E-state index in [4.69, 9.17) is 4.74 Å². The van der Waals surface area contributed by atoms with Crippen LogP contribution >= 0.6 is 0 Å². The molecule has 0 heterocycles. The summed E-state index contributed by atoms with van der Waals surface area (Å²) < 4.78 is 5.88. The van der Waals surface area contributed by atoms with Gasteiger partial charge in [-0.15, -0.1) is 0 Å². The number of aliphatic hydroxyl groups is 1. The molecule has 0 aromatic heterocycles. The van der Waals surface area contributed by atoms with Gasteiger partial charge in [0.2, 0.25) is 0 Å². The molecule has 28 heavy (non-hydrogen) atoms. The molecule has 4 rings (SSSR count). The predicted octanol–water partition coefficient (Wildman–Crippen LogP) is 3.16. The first kappa shape index (κ1) is 19.6. The molecule has 0 amide bonds. The van der Waals surface area contributed by atoms with Gasteiger partial charge in [-0.05, 0) is 61.0 Å². The molecule has 2 saturated carbocycles. The van der Waals surface area contributed by atoms with Crippen LogP contribution in [-0.2, 0) is 19.1 Å². The second-order valence-electron chi connectivity index (χ2n) is 9.59. The summed E-state index contributed by atoms with van der Waals surface area (Å²) in [5.41, 5.74) is 1.41. The molecule has 5 nitrogen and oxygen atoms in total. The third kappa shape index (κ3) is 2.73. The third-order valence-corrected chi connectivity index (χ3v) is 8.22. The largest absolute Gasteiger partial charge is 0.462 e. The van der Waals surface area contributed by atoms with E-state index in [-0.39, 0.29) is 40.4 Å². The molecule has 0 saturated heterocycles. The number of esters is 1. The molecule has 0 aromatic rings. The molecular formula is C23H30O5. The molecule has 4 aliphatic carbocycles. The van der Waals surface area contributed by atoms with Gasteiger partial charge in [0.1, 0.15) is 12.7 Å². The lowest BCUT2D eigenvalue weighted by molar-refractivity contribution is -0.171. The number of fused-ring (bicyclic) bond motifs is 5. The van der Waals surface area contributed by atoms with Gasteiger partial charge in [0.15, 0.2) is 11.6 Å². The molecular weight excluding hydrogens is 356 g/mol. The van der Waals surface area contributed by atoms with Crippen molar-refractivity contribution in [2.75, 3.05) is 6.61 Å².